The van der Waals surface area contributed by atoms with E-state index in [1.165, 1.54) is 6.08 Å². The van der Waals surface area contributed by atoms with Gasteiger partial charge in [0, 0.05) is 6.08 Å². The molecule has 1 saturated heterocycles. The van der Waals surface area contributed by atoms with Gasteiger partial charge in [-0.05, 0) is 11.6 Å². The third-order valence-electron chi connectivity index (χ3n) is 4.33. The minimum absolute atomic E-state index is 0.419. The minimum Gasteiger partial charge on any atom is -0.459 e. The first-order valence-electron chi connectivity index (χ1n) is 9.02. The van der Waals surface area contributed by atoms with Crippen molar-refractivity contribution in [2.75, 3.05) is 13.2 Å². The monoisotopic (exact) mass is 424 g/mol. The average molecular weight is 424 g/mol. The first-order valence-corrected chi connectivity index (χ1v) is 9.02. The van der Waals surface area contributed by atoms with E-state index < -0.39 is 67.5 Å². The van der Waals surface area contributed by atoms with E-state index in [9.17, 15) is 30.0 Å². The molecule has 0 unspecified atom stereocenters. The second-order valence-corrected chi connectivity index (χ2v) is 6.52. The van der Waals surface area contributed by atoms with Gasteiger partial charge in [-0.25, -0.2) is 9.59 Å². The Hall–Kier alpha value is -2.60. The summed E-state index contributed by atoms with van der Waals surface area (Å²) >= 11 is 0. The van der Waals surface area contributed by atoms with Crippen molar-refractivity contribution < 1.29 is 49.3 Å². The first kappa shape index (κ1) is 23.7. The fourth-order valence-electron chi connectivity index (χ4n) is 2.53. The minimum atomic E-state index is -1.75. The molecule has 30 heavy (non-hydrogen) atoms. The summed E-state index contributed by atoms with van der Waals surface area (Å²) in [5, 5.41) is 48.2. The van der Waals surface area contributed by atoms with E-state index in [1.54, 1.807) is 30.3 Å². The highest BCUT2D eigenvalue weighted by atomic mass is 16.7. The van der Waals surface area contributed by atoms with E-state index in [1.807, 2.05) is 0 Å². The number of benzene rings is 1. The number of rotatable bonds is 8. The Bertz CT molecular complexity index is 762. The number of carbonyl (C=O) groups is 2. The van der Waals surface area contributed by atoms with Crippen LogP contribution in [0.4, 0.5) is 0 Å². The van der Waals surface area contributed by atoms with Crippen LogP contribution in [0.15, 0.2) is 48.6 Å². The van der Waals surface area contributed by atoms with Crippen LogP contribution in [0.5, 0.6) is 0 Å². The molecule has 10 nitrogen and oxygen atoms in total. The van der Waals surface area contributed by atoms with Crippen molar-refractivity contribution in [1.82, 2.24) is 0 Å². The van der Waals surface area contributed by atoms with Gasteiger partial charge >= 0.3 is 11.9 Å². The highest BCUT2D eigenvalue weighted by Gasteiger charge is 2.46. The number of aliphatic hydroxyl groups is 5. The molecule has 1 aromatic rings. The molecule has 2 rings (SSSR count). The van der Waals surface area contributed by atoms with Crippen LogP contribution >= 0.6 is 0 Å². The zero-order chi connectivity index (χ0) is 22.3. The summed E-state index contributed by atoms with van der Waals surface area (Å²) in [6.45, 7) is 1.94. The van der Waals surface area contributed by atoms with Crippen molar-refractivity contribution in [3.05, 3.63) is 54.1 Å². The Morgan fingerprint density at radius 1 is 1.13 bits per heavy atom. The lowest BCUT2D eigenvalue weighted by Gasteiger charge is -2.39. The maximum Gasteiger partial charge on any atom is 0.336 e. The summed E-state index contributed by atoms with van der Waals surface area (Å²) in [4.78, 5) is 23.8. The highest BCUT2D eigenvalue weighted by molar-refractivity contribution is 5.88. The molecule has 0 bridgehead atoms. The highest BCUT2D eigenvalue weighted by Crippen LogP contribution is 2.23. The lowest BCUT2D eigenvalue weighted by molar-refractivity contribution is -0.291. The summed E-state index contributed by atoms with van der Waals surface area (Å²) in [5.41, 5.74) is 0.308. The zero-order valence-electron chi connectivity index (χ0n) is 15.9. The maximum absolute atomic E-state index is 12.0. The second-order valence-electron chi connectivity index (χ2n) is 6.52. The van der Waals surface area contributed by atoms with Crippen LogP contribution in [-0.2, 0) is 23.8 Å². The predicted molar refractivity (Wildman–Crippen MR) is 101 cm³/mol. The van der Waals surface area contributed by atoms with E-state index in [0.29, 0.717) is 0 Å². The number of esters is 2. The molecular formula is C20H24O10. The molecule has 1 aliphatic rings. The molecule has 6 atom stereocenters. The third kappa shape index (κ3) is 6.20. The normalized spacial score (nSPS) is 27.4. The molecule has 0 spiro atoms. The summed E-state index contributed by atoms with van der Waals surface area (Å²) in [6.07, 6.45) is -7.07. The standard InChI is InChI=1S/C20H24O10/c1-11(13(22)9-21)19(27)28-10-14-16(24)17(25)18(26)20(29-14)30-15(23)8-7-12-5-3-2-4-6-12/h2-8,13-14,16-18,20-22,24-26H,1,9-10H2/t13-,14+,16-,17+,18-,20+/m1/s1. The van der Waals surface area contributed by atoms with Gasteiger partial charge in [-0.3, -0.25) is 0 Å². The van der Waals surface area contributed by atoms with Crippen LogP contribution < -0.4 is 0 Å². The van der Waals surface area contributed by atoms with Gasteiger partial charge in [-0.1, -0.05) is 36.9 Å². The lowest BCUT2D eigenvalue weighted by Crippen LogP contribution is -2.59. The smallest absolute Gasteiger partial charge is 0.336 e. The molecule has 1 aromatic carbocycles. The van der Waals surface area contributed by atoms with Crippen molar-refractivity contribution in [1.29, 1.82) is 0 Å². The largest absolute Gasteiger partial charge is 0.459 e. The number of hydrogen-bond donors (Lipinski definition) is 5. The molecule has 10 heteroatoms. The number of aliphatic hydroxyl groups excluding tert-OH is 5. The lowest BCUT2D eigenvalue weighted by atomic mass is 9.99. The Labute approximate surface area is 172 Å². The number of ether oxygens (including phenoxy) is 3. The van der Waals surface area contributed by atoms with Crippen molar-refractivity contribution >= 4 is 18.0 Å². The summed E-state index contributed by atoms with van der Waals surface area (Å²) in [7, 11) is 0. The van der Waals surface area contributed by atoms with Crippen LogP contribution in [0.1, 0.15) is 5.56 Å². The third-order valence-corrected chi connectivity index (χ3v) is 4.33. The summed E-state index contributed by atoms with van der Waals surface area (Å²) in [6, 6.07) is 8.86. The van der Waals surface area contributed by atoms with E-state index in [-0.39, 0.29) is 0 Å². The zero-order valence-corrected chi connectivity index (χ0v) is 15.9. The fraction of sp³-hybridized carbons (Fsp3) is 0.400. The van der Waals surface area contributed by atoms with Crippen molar-refractivity contribution in [3.63, 3.8) is 0 Å². The Balaban J connectivity index is 1.96. The molecule has 0 radical (unpaired) electrons. The van der Waals surface area contributed by atoms with E-state index in [2.05, 4.69) is 6.58 Å². The van der Waals surface area contributed by atoms with Gasteiger partial charge in [0.1, 0.15) is 37.1 Å². The van der Waals surface area contributed by atoms with Gasteiger partial charge in [-0.15, -0.1) is 0 Å². The Morgan fingerprint density at radius 2 is 1.80 bits per heavy atom. The van der Waals surface area contributed by atoms with Gasteiger partial charge in [-0.2, -0.15) is 0 Å². The molecule has 0 amide bonds. The molecule has 0 aliphatic carbocycles. The maximum atomic E-state index is 12.0. The van der Waals surface area contributed by atoms with Gasteiger partial charge in [0.15, 0.2) is 0 Å². The fourth-order valence-corrected chi connectivity index (χ4v) is 2.53. The summed E-state index contributed by atoms with van der Waals surface area (Å²) in [5.74, 6) is -1.94. The number of hydrogen-bond acceptors (Lipinski definition) is 10. The van der Waals surface area contributed by atoms with Crippen LogP contribution in [-0.4, -0.2) is 87.5 Å². The van der Waals surface area contributed by atoms with Crippen LogP contribution in [0, 0.1) is 0 Å². The first-order chi connectivity index (χ1) is 14.2. The van der Waals surface area contributed by atoms with Crippen LogP contribution in [0.25, 0.3) is 6.08 Å². The Kier molecular flexibility index (Phi) is 8.66. The molecule has 0 saturated carbocycles. The SMILES string of the molecule is C=C(C(=O)OC[C@@H]1O[C@@H](OC(=O)C=Cc2ccccc2)[C@H](O)[C@@H](O)[C@@H]1O)[C@H](O)CO. The molecule has 1 fully saturated rings. The topological polar surface area (TPSA) is 163 Å². The van der Waals surface area contributed by atoms with Gasteiger partial charge in [0.2, 0.25) is 6.29 Å². The van der Waals surface area contributed by atoms with Crippen molar-refractivity contribution in [2.45, 2.75) is 36.8 Å². The van der Waals surface area contributed by atoms with E-state index in [0.717, 1.165) is 11.6 Å². The molecular weight excluding hydrogens is 400 g/mol. The average Bonchev–Trinajstić information content (AvgIpc) is 2.76. The predicted octanol–water partition coefficient (Wildman–Crippen LogP) is -1.50. The van der Waals surface area contributed by atoms with Crippen molar-refractivity contribution in [3.8, 4) is 0 Å². The van der Waals surface area contributed by atoms with Gasteiger partial charge < -0.3 is 39.7 Å². The van der Waals surface area contributed by atoms with Crippen LogP contribution in [0.2, 0.25) is 0 Å². The molecule has 0 aromatic heterocycles. The van der Waals surface area contributed by atoms with Gasteiger partial charge in [0.05, 0.1) is 12.2 Å². The van der Waals surface area contributed by atoms with Crippen LogP contribution in [0.3, 0.4) is 0 Å². The van der Waals surface area contributed by atoms with E-state index in [4.69, 9.17) is 19.3 Å². The van der Waals surface area contributed by atoms with Crippen molar-refractivity contribution in [2.24, 2.45) is 0 Å². The summed E-state index contributed by atoms with van der Waals surface area (Å²) < 4.78 is 15.1. The molecule has 164 valence electrons. The quantitative estimate of drug-likeness (QED) is 0.245. The Morgan fingerprint density at radius 3 is 2.43 bits per heavy atom. The molecule has 1 heterocycles. The second kappa shape index (κ2) is 11.0. The molecule has 5 N–H and O–H groups in total. The van der Waals surface area contributed by atoms with E-state index >= 15 is 0 Å². The number of carbonyl (C=O) groups excluding carboxylic acids is 2. The molecule has 1 aliphatic heterocycles. The van der Waals surface area contributed by atoms with Gasteiger partial charge in [0.25, 0.3) is 0 Å².